The van der Waals surface area contributed by atoms with Gasteiger partial charge < -0.3 is 0 Å². The summed E-state index contributed by atoms with van der Waals surface area (Å²) in [6, 6.07) is 3.23. The van der Waals surface area contributed by atoms with E-state index < -0.39 is 0 Å². The lowest BCUT2D eigenvalue weighted by atomic mass is 10.1. The predicted octanol–water partition coefficient (Wildman–Crippen LogP) is 2.96. The molecule has 94 valence electrons. The van der Waals surface area contributed by atoms with E-state index in [-0.39, 0.29) is 12.2 Å². The van der Waals surface area contributed by atoms with Crippen LogP contribution in [0, 0.1) is 6.92 Å². The van der Waals surface area contributed by atoms with E-state index in [1.807, 2.05) is 14.0 Å². The molecule has 0 spiro atoms. The van der Waals surface area contributed by atoms with E-state index in [0.717, 1.165) is 15.9 Å². The number of aromatic nitrogens is 3. The quantitative estimate of drug-likeness (QED) is 0.643. The maximum absolute atomic E-state index is 12.1. The molecule has 6 heteroatoms. The van der Waals surface area contributed by atoms with E-state index in [1.165, 1.54) is 6.20 Å². The average Bonchev–Trinajstić information content (AvgIpc) is 2.56. The zero-order chi connectivity index (χ0) is 13.3. The molecular formula is C12H11BrClN3O. The molecule has 2 aromatic rings. The molecule has 0 aliphatic heterocycles. The Morgan fingerprint density at radius 1 is 1.56 bits per heavy atom. The summed E-state index contributed by atoms with van der Waals surface area (Å²) in [4.78, 5) is 16.0. The molecule has 0 aliphatic carbocycles. The van der Waals surface area contributed by atoms with Crippen LogP contribution >= 0.6 is 27.5 Å². The molecule has 0 aromatic carbocycles. The van der Waals surface area contributed by atoms with Crippen LogP contribution in [0.3, 0.4) is 0 Å². The number of Topliss-reactive ketones (excluding diaryl/α,β-unsaturated/α-hetero) is 1. The van der Waals surface area contributed by atoms with Gasteiger partial charge in [0.15, 0.2) is 5.78 Å². The first-order chi connectivity index (χ1) is 8.49. The Hall–Kier alpha value is -1.20. The Kier molecular flexibility index (Phi) is 3.82. The van der Waals surface area contributed by atoms with Crippen molar-refractivity contribution in [1.29, 1.82) is 0 Å². The summed E-state index contributed by atoms with van der Waals surface area (Å²) < 4.78 is 2.58. The first kappa shape index (κ1) is 13.2. The van der Waals surface area contributed by atoms with Crippen LogP contribution < -0.4 is 0 Å². The van der Waals surface area contributed by atoms with Crippen molar-refractivity contribution in [2.75, 3.05) is 0 Å². The van der Waals surface area contributed by atoms with Crippen molar-refractivity contribution < 1.29 is 4.79 Å². The third-order valence-electron chi connectivity index (χ3n) is 2.64. The minimum absolute atomic E-state index is 0.0111. The van der Waals surface area contributed by atoms with Crippen molar-refractivity contribution in [3.05, 3.63) is 44.9 Å². The van der Waals surface area contributed by atoms with E-state index in [9.17, 15) is 4.79 Å². The first-order valence-corrected chi connectivity index (χ1v) is 6.49. The van der Waals surface area contributed by atoms with E-state index in [4.69, 9.17) is 11.6 Å². The van der Waals surface area contributed by atoms with Gasteiger partial charge >= 0.3 is 0 Å². The van der Waals surface area contributed by atoms with Crippen molar-refractivity contribution in [1.82, 2.24) is 14.8 Å². The van der Waals surface area contributed by atoms with E-state index in [1.54, 1.807) is 16.8 Å². The predicted molar refractivity (Wildman–Crippen MR) is 72.9 cm³/mol. The molecule has 0 radical (unpaired) electrons. The van der Waals surface area contributed by atoms with Crippen LogP contribution in [0.2, 0.25) is 5.15 Å². The van der Waals surface area contributed by atoms with Crippen LogP contribution in [0.4, 0.5) is 0 Å². The topological polar surface area (TPSA) is 47.8 Å². The lowest BCUT2D eigenvalue weighted by molar-refractivity contribution is 0.0990. The normalized spacial score (nSPS) is 10.7. The zero-order valence-electron chi connectivity index (χ0n) is 9.94. The maximum Gasteiger partial charge on any atom is 0.169 e. The summed E-state index contributed by atoms with van der Waals surface area (Å²) in [5.41, 5.74) is 2.28. The number of rotatable bonds is 3. The number of carbonyl (C=O) groups is 1. The monoisotopic (exact) mass is 327 g/mol. The number of carbonyl (C=O) groups excluding carboxylic acids is 1. The Morgan fingerprint density at radius 3 is 2.83 bits per heavy atom. The van der Waals surface area contributed by atoms with E-state index in [0.29, 0.717) is 10.7 Å². The SMILES string of the molecule is Cc1nn(C)c(CC(=O)c2ccnc(Cl)c2)c1Br. The molecule has 18 heavy (non-hydrogen) atoms. The van der Waals surface area contributed by atoms with Crippen LogP contribution in [-0.4, -0.2) is 20.5 Å². The van der Waals surface area contributed by atoms with Gasteiger partial charge in [0.2, 0.25) is 0 Å². The van der Waals surface area contributed by atoms with Gasteiger partial charge in [0.05, 0.1) is 22.3 Å². The smallest absolute Gasteiger partial charge is 0.169 e. The minimum Gasteiger partial charge on any atom is -0.294 e. The lowest BCUT2D eigenvalue weighted by Gasteiger charge is -2.03. The Balaban J connectivity index is 2.27. The zero-order valence-corrected chi connectivity index (χ0v) is 12.3. The highest BCUT2D eigenvalue weighted by Crippen LogP contribution is 2.22. The van der Waals surface area contributed by atoms with Gasteiger partial charge in [-0.05, 0) is 35.0 Å². The highest BCUT2D eigenvalue weighted by molar-refractivity contribution is 9.10. The average molecular weight is 329 g/mol. The van der Waals surface area contributed by atoms with Gasteiger partial charge in [0, 0.05) is 18.8 Å². The van der Waals surface area contributed by atoms with Crippen molar-refractivity contribution in [3.8, 4) is 0 Å². The van der Waals surface area contributed by atoms with Crippen molar-refractivity contribution in [2.45, 2.75) is 13.3 Å². The number of ketones is 1. The molecule has 0 aliphatic rings. The molecule has 0 fully saturated rings. The van der Waals surface area contributed by atoms with E-state index in [2.05, 4.69) is 26.0 Å². The number of aryl methyl sites for hydroxylation is 2. The van der Waals surface area contributed by atoms with Crippen molar-refractivity contribution >= 4 is 33.3 Å². The molecule has 2 aromatic heterocycles. The number of pyridine rings is 1. The molecule has 0 saturated carbocycles. The Morgan fingerprint density at radius 2 is 2.28 bits per heavy atom. The summed E-state index contributed by atoms with van der Waals surface area (Å²) in [5, 5.41) is 4.57. The fraction of sp³-hybridized carbons (Fsp3) is 0.250. The molecule has 0 amide bonds. The maximum atomic E-state index is 12.1. The molecule has 0 saturated heterocycles. The van der Waals surface area contributed by atoms with Gasteiger partial charge in [-0.1, -0.05) is 11.6 Å². The molecule has 2 rings (SSSR count). The highest BCUT2D eigenvalue weighted by Gasteiger charge is 2.15. The van der Waals surface area contributed by atoms with Gasteiger partial charge in [-0.25, -0.2) is 4.98 Å². The summed E-state index contributed by atoms with van der Waals surface area (Å²) >= 11 is 9.21. The third-order valence-corrected chi connectivity index (χ3v) is 3.88. The third kappa shape index (κ3) is 2.62. The number of nitrogens with zero attached hydrogens (tertiary/aromatic N) is 3. The fourth-order valence-electron chi connectivity index (χ4n) is 1.70. The number of halogens is 2. The van der Waals surface area contributed by atoms with Gasteiger partial charge in [-0.15, -0.1) is 0 Å². The lowest BCUT2D eigenvalue weighted by Crippen LogP contribution is -2.08. The van der Waals surface area contributed by atoms with Gasteiger partial charge in [0.1, 0.15) is 5.15 Å². The fourth-order valence-corrected chi connectivity index (χ4v) is 2.35. The summed E-state index contributed by atoms with van der Waals surface area (Å²) in [7, 11) is 1.82. The second kappa shape index (κ2) is 5.20. The molecular weight excluding hydrogens is 318 g/mol. The second-order valence-corrected chi connectivity index (χ2v) is 5.12. The van der Waals surface area contributed by atoms with Crippen LogP contribution in [0.15, 0.2) is 22.8 Å². The molecule has 0 atom stereocenters. The van der Waals surface area contributed by atoms with Crippen LogP contribution in [0.1, 0.15) is 21.7 Å². The number of hydrogen-bond acceptors (Lipinski definition) is 3. The molecule has 0 unspecified atom stereocenters. The van der Waals surface area contributed by atoms with Crippen molar-refractivity contribution in [3.63, 3.8) is 0 Å². The highest BCUT2D eigenvalue weighted by atomic mass is 79.9. The van der Waals surface area contributed by atoms with Crippen LogP contribution in [0.25, 0.3) is 0 Å². The molecule has 0 bridgehead atoms. The van der Waals surface area contributed by atoms with Crippen LogP contribution in [-0.2, 0) is 13.5 Å². The van der Waals surface area contributed by atoms with Gasteiger partial charge in [0.25, 0.3) is 0 Å². The van der Waals surface area contributed by atoms with Crippen molar-refractivity contribution in [2.24, 2.45) is 7.05 Å². The van der Waals surface area contributed by atoms with E-state index >= 15 is 0 Å². The summed E-state index contributed by atoms with van der Waals surface area (Å²) in [6.07, 6.45) is 1.80. The second-order valence-electron chi connectivity index (χ2n) is 3.94. The Labute approximate surface area is 118 Å². The largest absolute Gasteiger partial charge is 0.294 e. The molecule has 0 N–H and O–H groups in total. The van der Waals surface area contributed by atoms with Crippen LogP contribution in [0.5, 0.6) is 0 Å². The molecule has 4 nitrogen and oxygen atoms in total. The summed E-state index contributed by atoms with van der Waals surface area (Å²) in [6.45, 7) is 1.89. The molecule has 2 heterocycles. The Bertz CT molecular complexity index is 609. The minimum atomic E-state index is -0.0111. The van der Waals surface area contributed by atoms with Gasteiger partial charge in [-0.3, -0.25) is 9.48 Å². The standard InChI is InChI=1S/C12H11BrClN3O/c1-7-12(13)9(17(2)16-7)6-10(18)8-3-4-15-11(14)5-8/h3-5H,6H2,1-2H3. The summed E-state index contributed by atoms with van der Waals surface area (Å²) in [5.74, 6) is -0.0111. The van der Waals surface area contributed by atoms with Gasteiger partial charge in [-0.2, -0.15) is 5.10 Å². The number of hydrogen-bond donors (Lipinski definition) is 0. The first-order valence-electron chi connectivity index (χ1n) is 5.31.